The molecule has 1 N–H and O–H groups in total. The van der Waals surface area contributed by atoms with Gasteiger partial charge in [-0.2, -0.15) is 0 Å². The van der Waals surface area contributed by atoms with Crippen LogP contribution in [0.3, 0.4) is 0 Å². The van der Waals surface area contributed by atoms with Gasteiger partial charge in [-0.25, -0.2) is 4.98 Å². The van der Waals surface area contributed by atoms with Gasteiger partial charge in [-0.3, -0.25) is 9.78 Å². The van der Waals surface area contributed by atoms with E-state index in [0.717, 1.165) is 11.4 Å². The predicted octanol–water partition coefficient (Wildman–Crippen LogP) is 1.58. The number of hydrogen-bond acceptors (Lipinski definition) is 4. The van der Waals surface area contributed by atoms with Gasteiger partial charge in [0.15, 0.2) is 5.82 Å². The second kappa shape index (κ2) is 5.44. The lowest BCUT2D eigenvalue weighted by Gasteiger charge is -2.07. The van der Waals surface area contributed by atoms with Crippen molar-refractivity contribution >= 4 is 5.82 Å². The zero-order chi connectivity index (χ0) is 13.0. The number of aromatic nitrogens is 3. The highest BCUT2D eigenvalue weighted by molar-refractivity contribution is 5.31. The number of nitrogens with zero attached hydrogens (tertiary/aromatic N) is 3. The molecule has 94 valence electrons. The predicted molar refractivity (Wildman–Crippen MR) is 70.5 cm³/mol. The summed E-state index contributed by atoms with van der Waals surface area (Å²) in [4.78, 5) is 20.3. The molecule has 0 saturated heterocycles. The number of nitrogens with one attached hydrogen (secondary N) is 1. The van der Waals surface area contributed by atoms with Gasteiger partial charge < -0.3 is 9.88 Å². The maximum Gasteiger partial charge on any atom is 0.293 e. The molecule has 0 spiro atoms. The zero-order valence-electron chi connectivity index (χ0n) is 10.6. The Bertz CT molecular complexity index is 592. The number of aryl methyl sites for hydroxylation is 2. The van der Waals surface area contributed by atoms with Gasteiger partial charge in [-0.05, 0) is 26.0 Å². The van der Waals surface area contributed by atoms with Gasteiger partial charge in [0.05, 0.1) is 12.2 Å². The summed E-state index contributed by atoms with van der Waals surface area (Å²) in [5.41, 5.74) is 1.75. The molecule has 5 nitrogen and oxygen atoms in total. The van der Waals surface area contributed by atoms with Crippen molar-refractivity contribution in [2.45, 2.75) is 26.9 Å². The Balaban J connectivity index is 2.13. The molecule has 0 aliphatic rings. The summed E-state index contributed by atoms with van der Waals surface area (Å²) >= 11 is 0. The van der Waals surface area contributed by atoms with Gasteiger partial charge in [0.1, 0.15) is 0 Å². The SMILES string of the molecule is CCn1ccnc(NCc2cccc(C)n2)c1=O. The molecule has 0 fully saturated rings. The Morgan fingerprint density at radius 2 is 2.22 bits per heavy atom. The molecular formula is C13H16N4O. The van der Waals surface area contributed by atoms with Crippen molar-refractivity contribution in [3.63, 3.8) is 0 Å². The van der Waals surface area contributed by atoms with Crippen LogP contribution in [-0.4, -0.2) is 14.5 Å². The van der Waals surface area contributed by atoms with E-state index in [1.807, 2.05) is 32.0 Å². The molecule has 2 rings (SSSR count). The van der Waals surface area contributed by atoms with E-state index in [1.54, 1.807) is 17.0 Å². The maximum absolute atomic E-state index is 11.9. The van der Waals surface area contributed by atoms with E-state index >= 15 is 0 Å². The van der Waals surface area contributed by atoms with E-state index in [-0.39, 0.29) is 5.56 Å². The number of hydrogen-bond donors (Lipinski definition) is 1. The van der Waals surface area contributed by atoms with Crippen molar-refractivity contribution < 1.29 is 0 Å². The highest BCUT2D eigenvalue weighted by Gasteiger charge is 2.03. The van der Waals surface area contributed by atoms with Gasteiger partial charge in [-0.1, -0.05) is 6.07 Å². The smallest absolute Gasteiger partial charge is 0.293 e. The Hall–Kier alpha value is -2.17. The molecule has 0 aliphatic heterocycles. The molecule has 0 radical (unpaired) electrons. The van der Waals surface area contributed by atoms with Gasteiger partial charge in [-0.15, -0.1) is 0 Å². The highest BCUT2D eigenvalue weighted by Crippen LogP contribution is 2.01. The average molecular weight is 244 g/mol. The Morgan fingerprint density at radius 3 is 2.94 bits per heavy atom. The van der Waals surface area contributed by atoms with Gasteiger partial charge in [0.25, 0.3) is 5.56 Å². The summed E-state index contributed by atoms with van der Waals surface area (Å²) in [5.74, 6) is 0.364. The lowest BCUT2D eigenvalue weighted by molar-refractivity contribution is 0.718. The number of anilines is 1. The van der Waals surface area contributed by atoms with E-state index in [9.17, 15) is 4.79 Å². The standard InChI is InChI=1S/C13H16N4O/c1-3-17-8-7-14-12(13(17)18)15-9-11-6-4-5-10(2)16-11/h4-8H,3,9H2,1-2H3,(H,14,15). The first-order valence-corrected chi connectivity index (χ1v) is 5.92. The summed E-state index contributed by atoms with van der Waals surface area (Å²) in [6.45, 7) is 5.00. The summed E-state index contributed by atoms with van der Waals surface area (Å²) in [6, 6.07) is 5.80. The molecule has 5 heteroatoms. The normalized spacial score (nSPS) is 10.3. The fraction of sp³-hybridized carbons (Fsp3) is 0.308. The second-order valence-corrected chi connectivity index (χ2v) is 3.99. The van der Waals surface area contributed by atoms with Crippen LogP contribution >= 0.6 is 0 Å². The molecule has 0 aliphatic carbocycles. The molecule has 18 heavy (non-hydrogen) atoms. The molecule has 0 bridgehead atoms. The van der Waals surface area contributed by atoms with Crippen LogP contribution in [0.1, 0.15) is 18.3 Å². The van der Waals surface area contributed by atoms with Crippen molar-refractivity contribution in [2.24, 2.45) is 0 Å². The fourth-order valence-corrected chi connectivity index (χ4v) is 1.69. The van der Waals surface area contributed by atoms with Crippen molar-refractivity contribution in [1.29, 1.82) is 0 Å². The molecule has 0 atom stereocenters. The van der Waals surface area contributed by atoms with E-state index in [0.29, 0.717) is 18.9 Å². The first-order chi connectivity index (χ1) is 8.70. The first kappa shape index (κ1) is 12.3. The average Bonchev–Trinajstić information content (AvgIpc) is 2.38. The van der Waals surface area contributed by atoms with Crippen LogP contribution < -0.4 is 10.9 Å². The third-order valence-electron chi connectivity index (χ3n) is 2.64. The van der Waals surface area contributed by atoms with Crippen LogP contribution in [0.2, 0.25) is 0 Å². The van der Waals surface area contributed by atoms with Crippen molar-refractivity contribution in [3.8, 4) is 0 Å². The van der Waals surface area contributed by atoms with Gasteiger partial charge in [0, 0.05) is 24.6 Å². The Labute approximate surface area is 106 Å². The number of pyridine rings is 1. The number of rotatable bonds is 4. The van der Waals surface area contributed by atoms with Crippen LogP contribution in [0.15, 0.2) is 35.4 Å². The first-order valence-electron chi connectivity index (χ1n) is 5.92. The van der Waals surface area contributed by atoms with Gasteiger partial charge >= 0.3 is 0 Å². The van der Waals surface area contributed by atoms with Crippen LogP contribution in [0.5, 0.6) is 0 Å². The molecule has 0 amide bonds. The minimum Gasteiger partial charge on any atom is -0.360 e. The van der Waals surface area contributed by atoms with E-state index in [2.05, 4.69) is 15.3 Å². The maximum atomic E-state index is 11.9. The monoisotopic (exact) mass is 244 g/mol. The molecule has 0 unspecified atom stereocenters. The Morgan fingerprint density at radius 1 is 1.39 bits per heavy atom. The summed E-state index contributed by atoms with van der Waals surface area (Å²) in [6.07, 6.45) is 3.30. The minimum absolute atomic E-state index is 0.104. The van der Waals surface area contributed by atoms with Crippen molar-refractivity contribution in [3.05, 3.63) is 52.3 Å². The lowest BCUT2D eigenvalue weighted by Crippen LogP contribution is -2.23. The van der Waals surface area contributed by atoms with E-state index in [4.69, 9.17) is 0 Å². The topological polar surface area (TPSA) is 59.8 Å². The van der Waals surface area contributed by atoms with Gasteiger partial charge in [0.2, 0.25) is 0 Å². The van der Waals surface area contributed by atoms with Crippen LogP contribution in [-0.2, 0) is 13.1 Å². The summed E-state index contributed by atoms with van der Waals surface area (Å²) in [7, 11) is 0. The summed E-state index contributed by atoms with van der Waals surface area (Å²) in [5, 5.41) is 3.02. The molecule has 0 aromatic carbocycles. The van der Waals surface area contributed by atoms with E-state index in [1.165, 1.54) is 0 Å². The molecule has 0 saturated carbocycles. The zero-order valence-corrected chi connectivity index (χ0v) is 10.6. The molecule has 2 aromatic heterocycles. The highest BCUT2D eigenvalue weighted by atomic mass is 16.1. The second-order valence-electron chi connectivity index (χ2n) is 3.99. The lowest BCUT2D eigenvalue weighted by atomic mass is 10.3. The third-order valence-corrected chi connectivity index (χ3v) is 2.64. The minimum atomic E-state index is -0.104. The molecule has 2 heterocycles. The summed E-state index contributed by atoms with van der Waals surface area (Å²) < 4.78 is 1.61. The Kier molecular flexibility index (Phi) is 3.72. The molecular weight excluding hydrogens is 228 g/mol. The van der Waals surface area contributed by atoms with Crippen molar-refractivity contribution in [1.82, 2.24) is 14.5 Å². The fourth-order valence-electron chi connectivity index (χ4n) is 1.69. The van der Waals surface area contributed by atoms with Crippen LogP contribution in [0.25, 0.3) is 0 Å². The quantitative estimate of drug-likeness (QED) is 0.887. The molecule has 2 aromatic rings. The van der Waals surface area contributed by atoms with Crippen LogP contribution in [0, 0.1) is 6.92 Å². The third kappa shape index (κ3) is 2.74. The van der Waals surface area contributed by atoms with Crippen molar-refractivity contribution in [2.75, 3.05) is 5.32 Å². The van der Waals surface area contributed by atoms with Crippen LogP contribution in [0.4, 0.5) is 5.82 Å². The van der Waals surface area contributed by atoms with E-state index < -0.39 is 0 Å². The largest absolute Gasteiger partial charge is 0.360 e.